The molecule has 102 valence electrons. The van der Waals surface area contributed by atoms with Crippen molar-refractivity contribution in [1.82, 2.24) is 10.6 Å². The molecule has 1 unspecified atom stereocenters. The molecule has 0 amide bonds. The van der Waals surface area contributed by atoms with E-state index in [0.717, 1.165) is 18.8 Å². The molecule has 0 saturated heterocycles. The van der Waals surface area contributed by atoms with Crippen molar-refractivity contribution in [2.45, 2.75) is 32.7 Å². The molecule has 2 N–H and O–H groups in total. The molecule has 1 aromatic carbocycles. The van der Waals surface area contributed by atoms with Crippen molar-refractivity contribution in [3.05, 3.63) is 29.3 Å². The van der Waals surface area contributed by atoms with Gasteiger partial charge in [-0.1, -0.05) is 32.9 Å². The van der Waals surface area contributed by atoms with Crippen LogP contribution >= 0.6 is 0 Å². The highest BCUT2D eigenvalue weighted by molar-refractivity contribution is 5.40. The minimum atomic E-state index is 0.279. The van der Waals surface area contributed by atoms with Gasteiger partial charge < -0.3 is 15.4 Å². The maximum Gasteiger partial charge on any atom is 0.123 e. The molecule has 0 aromatic heterocycles. The van der Waals surface area contributed by atoms with E-state index in [1.807, 2.05) is 7.05 Å². The number of hydrogen-bond donors (Lipinski definition) is 2. The van der Waals surface area contributed by atoms with Crippen LogP contribution in [0.4, 0.5) is 0 Å². The minimum absolute atomic E-state index is 0.279. The van der Waals surface area contributed by atoms with E-state index in [-0.39, 0.29) is 6.04 Å². The van der Waals surface area contributed by atoms with Crippen LogP contribution in [0.2, 0.25) is 0 Å². The van der Waals surface area contributed by atoms with Gasteiger partial charge in [-0.25, -0.2) is 0 Å². The largest absolute Gasteiger partial charge is 0.496 e. The van der Waals surface area contributed by atoms with Gasteiger partial charge >= 0.3 is 0 Å². The monoisotopic (exact) mass is 250 g/mol. The molecule has 0 aliphatic heterocycles. The first-order chi connectivity index (χ1) is 8.63. The van der Waals surface area contributed by atoms with Crippen molar-refractivity contribution in [2.75, 3.05) is 27.2 Å². The standard InChI is InChI=1S/C15H26N2O/c1-6-17-10-14(16-4)13-8-7-12(11(2)3)9-15(13)18-5/h7-9,11,14,16-17H,6,10H2,1-5H3. The summed E-state index contributed by atoms with van der Waals surface area (Å²) in [6, 6.07) is 6.79. The maximum atomic E-state index is 5.53. The molecule has 3 nitrogen and oxygen atoms in total. The summed E-state index contributed by atoms with van der Waals surface area (Å²) in [7, 11) is 3.72. The summed E-state index contributed by atoms with van der Waals surface area (Å²) in [6.07, 6.45) is 0. The summed E-state index contributed by atoms with van der Waals surface area (Å²) in [5.74, 6) is 1.49. The van der Waals surface area contributed by atoms with E-state index in [2.05, 4.69) is 49.6 Å². The van der Waals surface area contributed by atoms with Gasteiger partial charge in [0.2, 0.25) is 0 Å². The van der Waals surface area contributed by atoms with Crippen LogP contribution in [-0.2, 0) is 0 Å². The van der Waals surface area contributed by atoms with Crippen molar-refractivity contribution in [3.8, 4) is 5.75 Å². The third kappa shape index (κ3) is 3.72. The molecule has 0 spiro atoms. The Morgan fingerprint density at radius 2 is 2.00 bits per heavy atom. The first kappa shape index (κ1) is 15.0. The molecule has 0 aliphatic rings. The molecule has 3 heteroatoms. The summed E-state index contributed by atoms with van der Waals surface area (Å²) < 4.78 is 5.53. The Labute approximate surface area is 111 Å². The Bertz CT molecular complexity index is 364. The molecule has 1 rings (SSSR count). The van der Waals surface area contributed by atoms with Crippen LogP contribution in [0.5, 0.6) is 5.75 Å². The van der Waals surface area contributed by atoms with E-state index in [1.165, 1.54) is 11.1 Å². The second-order valence-corrected chi connectivity index (χ2v) is 4.81. The summed E-state index contributed by atoms with van der Waals surface area (Å²) in [4.78, 5) is 0. The SMILES string of the molecule is CCNCC(NC)c1ccc(C(C)C)cc1OC. The highest BCUT2D eigenvalue weighted by Crippen LogP contribution is 2.28. The van der Waals surface area contributed by atoms with Crippen LogP contribution in [-0.4, -0.2) is 27.2 Å². The van der Waals surface area contributed by atoms with Gasteiger partial charge in [0.05, 0.1) is 7.11 Å². The third-order valence-electron chi connectivity index (χ3n) is 3.25. The van der Waals surface area contributed by atoms with E-state index >= 15 is 0 Å². The number of benzene rings is 1. The highest BCUT2D eigenvalue weighted by atomic mass is 16.5. The van der Waals surface area contributed by atoms with Gasteiger partial charge in [0, 0.05) is 18.2 Å². The molecule has 1 atom stereocenters. The van der Waals surface area contributed by atoms with Gasteiger partial charge in [0.25, 0.3) is 0 Å². The number of rotatable bonds is 7. The fourth-order valence-corrected chi connectivity index (χ4v) is 2.03. The third-order valence-corrected chi connectivity index (χ3v) is 3.25. The number of ether oxygens (including phenoxy) is 1. The van der Waals surface area contributed by atoms with E-state index in [1.54, 1.807) is 7.11 Å². The van der Waals surface area contributed by atoms with Crippen molar-refractivity contribution in [3.63, 3.8) is 0 Å². The molecule has 1 aromatic rings. The molecule has 0 fully saturated rings. The summed E-state index contributed by atoms with van der Waals surface area (Å²) in [6.45, 7) is 8.39. The van der Waals surface area contributed by atoms with Gasteiger partial charge in [-0.05, 0) is 31.1 Å². The number of hydrogen-bond acceptors (Lipinski definition) is 3. The average Bonchev–Trinajstić information content (AvgIpc) is 2.39. The summed E-state index contributed by atoms with van der Waals surface area (Å²) in [5, 5.41) is 6.70. The normalized spacial score (nSPS) is 12.8. The van der Waals surface area contributed by atoms with E-state index in [9.17, 15) is 0 Å². The predicted molar refractivity (Wildman–Crippen MR) is 77.4 cm³/mol. The molecule has 0 bridgehead atoms. The van der Waals surface area contributed by atoms with Crippen molar-refractivity contribution >= 4 is 0 Å². The van der Waals surface area contributed by atoms with Crippen molar-refractivity contribution in [2.24, 2.45) is 0 Å². The predicted octanol–water partition coefficient (Wildman–Crippen LogP) is 2.69. The lowest BCUT2D eigenvalue weighted by Crippen LogP contribution is -2.29. The van der Waals surface area contributed by atoms with Gasteiger partial charge in [-0.3, -0.25) is 0 Å². The van der Waals surface area contributed by atoms with Crippen molar-refractivity contribution in [1.29, 1.82) is 0 Å². The van der Waals surface area contributed by atoms with Crippen LogP contribution in [0, 0.1) is 0 Å². The zero-order chi connectivity index (χ0) is 13.5. The zero-order valence-corrected chi connectivity index (χ0v) is 12.2. The van der Waals surface area contributed by atoms with Gasteiger partial charge in [0.1, 0.15) is 5.75 Å². The Hall–Kier alpha value is -1.06. The van der Waals surface area contributed by atoms with Crippen molar-refractivity contribution < 1.29 is 4.74 Å². The summed E-state index contributed by atoms with van der Waals surface area (Å²) in [5.41, 5.74) is 2.53. The fraction of sp³-hybridized carbons (Fsp3) is 0.600. The van der Waals surface area contributed by atoms with Gasteiger partial charge in [-0.2, -0.15) is 0 Å². The van der Waals surface area contributed by atoms with Crippen LogP contribution in [0.25, 0.3) is 0 Å². The Morgan fingerprint density at radius 3 is 2.50 bits per heavy atom. The van der Waals surface area contributed by atoms with Crippen LogP contribution in [0.15, 0.2) is 18.2 Å². The topological polar surface area (TPSA) is 33.3 Å². The lowest BCUT2D eigenvalue weighted by molar-refractivity contribution is 0.398. The molecular formula is C15H26N2O. The first-order valence-electron chi connectivity index (χ1n) is 6.69. The molecule has 18 heavy (non-hydrogen) atoms. The second-order valence-electron chi connectivity index (χ2n) is 4.81. The zero-order valence-electron chi connectivity index (χ0n) is 12.2. The molecule has 0 heterocycles. The second kappa shape index (κ2) is 7.39. The number of likely N-dealkylation sites (N-methyl/N-ethyl adjacent to an activating group) is 2. The van der Waals surface area contributed by atoms with Gasteiger partial charge in [-0.15, -0.1) is 0 Å². The lowest BCUT2D eigenvalue weighted by atomic mass is 9.98. The summed E-state index contributed by atoms with van der Waals surface area (Å²) >= 11 is 0. The lowest BCUT2D eigenvalue weighted by Gasteiger charge is -2.21. The van der Waals surface area contributed by atoms with E-state index in [0.29, 0.717) is 5.92 Å². The Kier molecular flexibility index (Phi) is 6.16. The Balaban J connectivity index is 2.98. The first-order valence-corrected chi connectivity index (χ1v) is 6.69. The van der Waals surface area contributed by atoms with Crippen LogP contribution < -0.4 is 15.4 Å². The number of methoxy groups -OCH3 is 1. The maximum absolute atomic E-state index is 5.53. The van der Waals surface area contributed by atoms with Gasteiger partial charge in [0.15, 0.2) is 0 Å². The minimum Gasteiger partial charge on any atom is -0.496 e. The van der Waals surface area contributed by atoms with Crippen LogP contribution in [0.3, 0.4) is 0 Å². The molecule has 0 radical (unpaired) electrons. The average molecular weight is 250 g/mol. The smallest absolute Gasteiger partial charge is 0.123 e. The fourth-order valence-electron chi connectivity index (χ4n) is 2.03. The Morgan fingerprint density at radius 1 is 1.28 bits per heavy atom. The molecule has 0 aliphatic carbocycles. The number of nitrogens with one attached hydrogen (secondary N) is 2. The van der Waals surface area contributed by atoms with E-state index < -0.39 is 0 Å². The van der Waals surface area contributed by atoms with Crippen LogP contribution in [0.1, 0.15) is 43.9 Å². The highest BCUT2D eigenvalue weighted by Gasteiger charge is 2.15. The van der Waals surface area contributed by atoms with E-state index in [4.69, 9.17) is 4.74 Å². The quantitative estimate of drug-likeness (QED) is 0.780. The molecular weight excluding hydrogens is 224 g/mol. The molecule has 0 saturated carbocycles.